The van der Waals surface area contributed by atoms with E-state index in [1.165, 1.54) is 4.88 Å². The van der Waals surface area contributed by atoms with Crippen molar-refractivity contribution in [1.29, 1.82) is 0 Å². The Labute approximate surface area is 217 Å². The molecule has 0 atom stereocenters. The summed E-state index contributed by atoms with van der Waals surface area (Å²) in [6.07, 6.45) is 5.56. The molecule has 0 bridgehead atoms. The van der Waals surface area contributed by atoms with Crippen LogP contribution in [0.4, 0.5) is 5.69 Å². The molecule has 0 aliphatic carbocycles. The van der Waals surface area contributed by atoms with Gasteiger partial charge in [-0.3, -0.25) is 19.9 Å². The molecule has 6 aromatic rings. The average molecular weight is 508 g/mol. The van der Waals surface area contributed by atoms with Crippen molar-refractivity contribution in [2.45, 2.75) is 27.2 Å². The van der Waals surface area contributed by atoms with Gasteiger partial charge in [-0.2, -0.15) is 5.10 Å². The number of anilines is 1. The number of aromatic amines is 2. The number of carbonyl (C=O) groups excluding carboxylic acids is 1. The highest BCUT2D eigenvalue weighted by Gasteiger charge is 2.18. The number of fused-ring (bicyclic) bond motifs is 2. The Hall–Kier alpha value is -4.37. The summed E-state index contributed by atoms with van der Waals surface area (Å²) in [5.41, 5.74) is 6.54. The quantitative estimate of drug-likeness (QED) is 0.241. The number of amides is 1. The molecule has 0 aliphatic heterocycles. The van der Waals surface area contributed by atoms with Crippen molar-refractivity contribution in [1.82, 2.24) is 30.1 Å². The summed E-state index contributed by atoms with van der Waals surface area (Å²) in [5.74, 6) is 0.641. The van der Waals surface area contributed by atoms with Crippen LogP contribution in [0.15, 0.2) is 66.4 Å². The van der Waals surface area contributed by atoms with Gasteiger partial charge in [-0.25, -0.2) is 4.98 Å². The Balaban J connectivity index is 1.36. The fourth-order valence-corrected chi connectivity index (χ4v) is 5.12. The lowest BCUT2D eigenvalue weighted by Gasteiger charge is -2.17. The van der Waals surface area contributed by atoms with E-state index in [2.05, 4.69) is 48.0 Å². The van der Waals surface area contributed by atoms with Crippen molar-refractivity contribution in [2.75, 3.05) is 5.32 Å². The van der Waals surface area contributed by atoms with Gasteiger partial charge in [0.2, 0.25) is 5.91 Å². The van der Waals surface area contributed by atoms with Crippen molar-refractivity contribution in [2.24, 2.45) is 5.41 Å². The number of carbonyl (C=O) groups is 1. The van der Waals surface area contributed by atoms with Crippen LogP contribution in [0.25, 0.3) is 55.2 Å². The minimum Gasteiger partial charge on any atom is -0.337 e. The van der Waals surface area contributed by atoms with E-state index in [0.29, 0.717) is 17.9 Å². The summed E-state index contributed by atoms with van der Waals surface area (Å²) in [4.78, 5) is 30.9. The zero-order valence-corrected chi connectivity index (χ0v) is 21.5. The molecule has 0 unspecified atom stereocenters. The van der Waals surface area contributed by atoms with Crippen LogP contribution < -0.4 is 5.32 Å². The number of hydrogen-bond donors (Lipinski definition) is 3. The fraction of sp³-hybridized carbons (Fsp3) is 0.179. The molecule has 5 aromatic heterocycles. The third-order valence-corrected chi connectivity index (χ3v) is 6.88. The maximum atomic E-state index is 12.4. The summed E-state index contributed by atoms with van der Waals surface area (Å²) in [5, 5.41) is 13.5. The molecule has 0 saturated heterocycles. The third kappa shape index (κ3) is 4.61. The highest BCUT2D eigenvalue weighted by Crippen LogP contribution is 2.34. The molecule has 6 rings (SSSR count). The highest BCUT2D eigenvalue weighted by molar-refractivity contribution is 7.13. The lowest BCUT2D eigenvalue weighted by Crippen LogP contribution is -2.19. The predicted octanol–water partition coefficient (Wildman–Crippen LogP) is 6.67. The van der Waals surface area contributed by atoms with E-state index in [0.717, 1.165) is 44.5 Å². The topological polar surface area (TPSA) is 112 Å². The van der Waals surface area contributed by atoms with Crippen molar-refractivity contribution < 1.29 is 4.79 Å². The Morgan fingerprint density at radius 1 is 1.05 bits per heavy atom. The SMILES string of the molecule is CC(C)(C)CC(=O)Nc1cncc(-c2cc3c(-c4nc5c(-c6cccs6)cccc5[nH]4)n[nH]c3cn2)c1. The zero-order chi connectivity index (χ0) is 25.6. The van der Waals surface area contributed by atoms with Gasteiger partial charge in [0, 0.05) is 34.0 Å². The van der Waals surface area contributed by atoms with Crippen LogP contribution in [0.1, 0.15) is 27.2 Å². The molecule has 0 saturated carbocycles. The van der Waals surface area contributed by atoms with Gasteiger partial charge in [0.1, 0.15) is 5.69 Å². The molecular weight excluding hydrogens is 482 g/mol. The zero-order valence-electron chi connectivity index (χ0n) is 20.7. The normalized spacial score (nSPS) is 11.9. The number of H-pyrrole nitrogens is 2. The molecule has 0 aliphatic rings. The highest BCUT2D eigenvalue weighted by atomic mass is 32.1. The van der Waals surface area contributed by atoms with E-state index in [9.17, 15) is 4.79 Å². The van der Waals surface area contributed by atoms with E-state index in [1.807, 2.05) is 51.1 Å². The lowest BCUT2D eigenvalue weighted by atomic mass is 9.92. The molecule has 37 heavy (non-hydrogen) atoms. The maximum Gasteiger partial charge on any atom is 0.224 e. The third-order valence-electron chi connectivity index (χ3n) is 5.98. The molecule has 3 N–H and O–H groups in total. The number of nitrogens with zero attached hydrogens (tertiary/aromatic N) is 4. The first-order valence-corrected chi connectivity index (χ1v) is 12.8. The summed E-state index contributed by atoms with van der Waals surface area (Å²) < 4.78 is 0. The predicted molar refractivity (Wildman–Crippen MR) is 148 cm³/mol. The van der Waals surface area contributed by atoms with Gasteiger partial charge in [-0.15, -0.1) is 11.3 Å². The minimum atomic E-state index is -0.0966. The van der Waals surface area contributed by atoms with Crippen LogP contribution in [0.5, 0.6) is 0 Å². The number of thiophene rings is 1. The number of imidazole rings is 1. The van der Waals surface area contributed by atoms with E-state index in [4.69, 9.17) is 4.98 Å². The standard InChI is InChI=1S/C28H25N7OS/c1-28(2,3)12-24(36)31-17-10-16(13-29-14-17)21-11-19-22(15-30-21)34-35-26(19)27-32-20-7-4-6-18(25(20)33-27)23-8-5-9-37-23/h4-11,13-15H,12H2,1-3H3,(H,31,36)(H,32,33)(H,34,35). The van der Waals surface area contributed by atoms with Gasteiger partial charge in [0.25, 0.3) is 0 Å². The first-order chi connectivity index (χ1) is 17.8. The van der Waals surface area contributed by atoms with Crippen molar-refractivity contribution in [3.05, 3.63) is 66.4 Å². The van der Waals surface area contributed by atoms with Gasteiger partial charge in [-0.05, 0) is 35.1 Å². The second-order valence-electron chi connectivity index (χ2n) is 10.2. The average Bonchev–Trinajstić information content (AvgIpc) is 3.61. The van der Waals surface area contributed by atoms with Crippen molar-refractivity contribution >= 4 is 44.9 Å². The molecular formula is C28H25N7OS. The number of nitrogens with one attached hydrogen (secondary N) is 3. The van der Waals surface area contributed by atoms with Crippen LogP contribution in [-0.4, -0.2) is 36.0 Å². The summed E-state index contributed by atoms with van der Waals surface area (Å²) >= 11 is 1.69. The van der Waals surface area contributed by atoms with Gasteiger partial charge in [-0.1, -0.05) is 39.0 Å². The van der Waals surface area contributed by atoms with Gasteiger partial charge >= 0.3 is 0 Å². The Bertz CT molecular complexity index is 1740. The first kappa shape index (κ1) is 23.1. The van der Waals surface area contributed by atoms with Crippen LogP contribution >= 0.6 is 11.3 Å². The largest absolute Gasteiger partial charge is 0.337 e. The first-order valence-electron chi connectivity index (χ1n) is 12.0. The van der Waals surface area contributed by atoms with Gasteiger partial charge in [0.05, 0.1) is 40.3 Å². The Kier molecular flexibility index (Phi) is 5.57. The monoisotopic (exact) mass is 507 g/mol. The van der Waals surface area contributed by atoms with E-state index >= 15 is 0 Å². The molecule has 0 radical (unpaired) electrons. The van der Waals surface area contributed by atoms with Crippen LogP contribution in [0, 0.1) is 5.41 Å². The fourth-order valence-electron chi connectivity index (χ4n) is 4.37. The summed E-state index contributed by atoms with van der Waals surface area (Å²) in [7, 11) is 0. The number of para-hydroxylation sites is 1. The number of hydrogen-bond acceptors (Lipinski definition) is 6. The van der Waals surface area contributed by atoms with E-state index in [-0.39, 0.29) is 11.3 Å². The lowest BCUT2D eigenvalue weighted by molar-refractivity contribution is -0.117. The van der Waals surface area contributed by atoms with Crippen LogP contribution in [0.3, 0.4) is 0 Å². The number of benzene rings is 1. The Morgan fingerprint density at radius 2 is 1.95 bits per heavy atom. The van der Waals surface area contributed by atoms with Crippen LogP contribution in [0.2, 0.25) is 0 Å². The molecule has 8 nitrogen and oxygen atoms in total. The molecule has 5 heterocycles. The minimum absolute atomic E-state index is 0.0428. The molecule has 0 fully saturated rings. The maximum absolute atomic E-state index is 12.4. The van der Waals surface area contributed by atoms with E-state index < -0.39 is 0 Å². The second kappa shape index (κ2) is 8.94. The molecule has 9 heteroatoms. The molecule has 1 aromatic carbocycles. The number of aromatic nitrogens is 6. The smallest absolute Gasteiger partial charge is 0.224 e. The second-order valence-corrected chi connectivity index (χ2v) is 11.1. The van der Waals surface area contributed by atoms with Gasteiger partial charge < -0.3 is 10.3 Å². The van der Waals surface area contributed by atoms with Gasteiger partial charge in [0.15, 0.2) is 5.82 Å². The molecule has 0 spiro atoms. The Morgan fingerprint density at radius 3 is 2.76 bits per heavy atom. The van der Waals surface area contributed by atoms with E-state index in [1.54, 1.807) is 29.9 Å². The molecule has 184 valence electrons. The summed E-state index contributed by atoms with van der Waals surface area (Å²) in [6, 6.07) is 14.1. The molecule has 1 amide bonds. The summed E-state index contributed by atoms with van der Waals surface area (Å²) in [6.45, 7) is 6.11. The van der Waals surface area contributed by atoms with Crippen LogP contribution in [-0.2, 0) is 4.79 Å². The number of rotatable bonds is 5. The number of pyridine rings is 2. The van der Waals surface area contributed by atoms with Crippen molar-refractivity contribution in [3.8, 4) is 33.2 Å². The van der Waals surface area contributed by atoms with Crippen molar-refractivity contribution in [3.63, 3.8) is 0 Å².